The minimum absolute atomic E-state index is 0.203. The molecule has 0 radical (unpaired) electrons. The number of aryl methyl sites for hydroxylation is 2. The number of piperazine rings is 1. The Morgan fingerprint density at radius 3 is 1.54 bits per heavy atom. The van der Waals surface area contributed by atoms with Crippen LogP contribution in [0.4, 0.5) is 0 Å². The summed E-state index contributed by atoms with van der Waals surface area (Å²) in [5.41, 5.74) is 0. The molecule has 0 atom stereocenters. The van der Waals surface area contributed by atoms with Gasteiger partial charge < -0.3 is 9.80 Å². The first-order chi connectivity index (χ1) is 11.7. The molecule has 0 N–H and O–H groups in total. The van der Waals surface area contributed by atoms with Crippen LogP contribution in [-0.2, 0) is 22.4 Å². The lowest BCUT2D eigenvalue weighted by Gasteiger charge is -2.35. The van der Waals surface area contributed by atoms with Crippen molar-refractivity contribution in [2.45, 2.75) is 25.7 Å². The van der Waals surface area contributed by atoms with Crippen molar-refractivity contribution in [1.29, 1.82) is 0 Å². The highest BCUT2D eigenvalue weighted by atomic mass is 32.1. The molecule has 2 aromatic rings. The highest BCUT2D eigenvalue weighted by Crippen LogP contribution is 2.14. The Morgan fingerprint density at radius 2 is 1.21 bits per heavy atom. The summed E-state index contributed by atoms with van der Waals surface area (Å²) in [7, 11) is 0. The third-order valence-corrected chi connectivity index (χ3v) is 6.19. The molecule has 2 aromatic heterocycles. The van der Waals surface area contributed by atoms with Gasteiger partial charge in [0.25, 0.3) is 0 Å². The first-order valence-electron chi connectivity index (χ1n) is 8.32. The third kappa shape index (κ3) is 4.68. The topological polar surface area (TPSA) is 40.6 Å². The van der Waals surface area contributed by atoms with Crippen molar-refractivity contribution in [2.24, 2.45) is 0 Å². The maximum absolute atomic E-state index is 12.3. The first-order valence-corrected chi connectivity index (χ1v) is 10.1. The van der Waals surface area contributed by atoms with Gasteiger partial charge >= 0.3 is 0 Å². The van der Waals surface area contributed by atoms with Gasteiger partial charge in [0.05, 0.1) is 0 Å². The predicted octanol–water partition coefficient (Wildman–Crippen LogP) is 3.05. The van der Waals surface area contributed by atoms with Gasteiger partial charge in [0.2, 0.25) is 11.8 Å². The lowest BCUT2D eigenvalue weighted by molar-refractivity contribution is -0.139. The molecular weight excluding hydrogens is 340 g/mol. The van der Waals surface area contributed by atoms with Crippen LogP contribution in [0.5, 0.6) is 0 Å². The fraction of sp³-hybridized carbons (Fsp3) is 0.444. The van der Waals surface area contributed by atoms with Gasteiger partial charge in [-0.05, 0) is 35.7 Å². The van der Waals surface area contributed by atoms with Crippen molar-refractivity contribution in [1.82, 2.24) is 9.80 Å². The van der Waals surface area contributed by atoms with Gasteiger partial charge in [-0.25, -0.2) is 0 Å². The number of hydrogen-bond acceptors (Lipinski definition) is 4. The number of rotatable bonds is 6. The van der Waals surface area contributed by atoms with Gasteiger partial charge in [0.15, 0.2) is 0 Å². The molecule has 1 aliphatic heterocycles. The minimum Gasteiger partial charge on any atom is -0.339 e. The van der Waals surface area contributed by atoms with E-state index in [0.29, 0.717) is 39.0 Å². The van der Waals surface area contributed by atoms with Gasteiger partial charge in [-0.15, -0.1) is 22.7 Å². The molecule has 0 unspecified atom stereocenters. The monoisotopic (exact) mass is 362 g/mol. The Bertz CT molecular complexity index is 586. The molecule has 24 heavy (non-hydrogen) atoms. The molecule has 3 heterocycles. The zero-order chi connectivity index (χ0) is 16.8. The van der Waals surface area contributed by atoms with Crippen LogP contribution in [0.1, 0.15) is 22.6 Å². The maximum atomic E-state index is 12.3. The van der Waals surface area contributed by atoms with Crippen LogP contribution in [0, 0.1) is 0 Å². The quantitative estimate of drug-likeness (QED) is 0.792. The summed E-state index contributed by atoms with van der Waals surface area (Å²) >= 11 is 3.39. The summed E-state index contributed by atoms with van der Waals surface area (Å²) in [6, 6.07) is 8.18. The van der Waals surface area contributed by atoms with Crippen molar-refractivity contribution in [3.8, 4) is 0 Å². The Hall–Kier alpha value is -1.66. The molecule has 0 bridgehead atoms. The van der Waals surface area contributed by atoms with Crippen LogP contribution in [0.15, 0.2) is 35.0 Å². The molecular formula is C18H22N2O2S2. The summed E-state index contributed by atoms with van der Waals surface area (Å²) in [5, 5.41) is 4.08. The summed E-state index contributed by atoms with van der Waals surface area (Å²) < 4.78 is 0. The number of amides is 2. The third-order valence-electron chi connectivity index (χ3n) is 4.32. The van der Waals surface area contributed by atoms with Crippen molar-refractivity contribution in [3.05, 3.63) is 44.8 Å². The van der Waals surface area contributed by atoms with Crippen LogP contribution in [0.3, 0.4) is 0 Å². The Labute approximate surface area is 150 Å². The van der Waals surface area contributed by atoms with E-state index in [4.69, 9.17) is 0 Å². The van der Waals surface area contributed by atoms with E-state index in [9.17, 15) is 9.59 Å². The molecule has 4 nitrogen and oxygen atoms in total. The van der Waals surface area contributed by atoms with E-state index in [1.165, 1.54) is 9.75 Å². The molecule has 0 spiro atoms. The second-order valence-electron chi connectivity index (χ2n) is 5.92. The molecule has 0 saturated carbocycles. The molecule has 1 fully saturated rings. The van der Waals surface area contributed by atoms with E-state index in [-0.39, 0.29) is 11.8 Å². The van der Waals surface area contributed by atoms with E-state index in [0.717, 1.165) is 12.8 Å². The Balaban J connectivity index is 1.38. The largest absolute Gasteiger partial charge is 0.339 e. The zero-order valence-corrected chi connectivity index (χ0v) is 15.3. The summed E-state index contributed by atoms with van der Waals surface area (Å²) in [4.78, 5) is 30.9. The molecule has 0 aromatic carbocycles. The SMILES string of the molecule is O=C(CCc1cccs1)N1CCN(C(=O)CCc2cccs2)CC1. The van der Waals surface area contributed by atoms with E-state index >= 15 is 0 Å². The summed E-state index contributed by atoms with van der Waals surface area (Å²) in [6.45, 7) is 2.64. The standard InChI is InChI=1S/C18H22N2O2S2/c21-17(7-5-15-3-1-13-23-15)19-9-11-20(12-10-19)18(22)8-6-16-4-2-14-24-16/h1-4,13-14H,5-12H2. The van der Waals surface area contributed by atoms with Crippen LogP contribution in [-0.4, -0.2) is 47.8 Å². The lowest BCUT2D eigenvalue weighted by atomic mass is 10.2. The van der Waals surface area contributed by atoms with Gasteiger partial charge in [-0.1, -0.05) is 12.1 Å². The fourth-order valence-corrected chi connectivity index (χ4v) is 4.31. The van der Waals surface area contributed by atoms with Crippen molar-refractivity contribution < 1.29 is 9.59 Å². The lowest BCUT2D eigenvalue weighted by Crippen LogP contribution is -2.50. The normalized spacial score (nSPS) is 14.8. The molecule has 6 heteroatoms. The fourth-order valence-electron chi connectivity index (χ4n) is 2.89. The molecule has 1 saturated heterocycles. The average molecular weight is 363 g/mol. The summed E-state index contributed by atoms with van der Waals surface area (Å²) in [6.07, 6.45) is 2.76. The highest BCUT2D eigenvalue weighted by Gasteiger charge is 2.23. The number of hydrogen-bond donors (Lipinski definition) is 0. The van der Waals surface area contributed by atoms with E-state index in [1.54, 1.807) is 22.7 Å². The van der Waals surface area contributed by atoms with Gasteiger partial charge in [-0.2, -0.15) is 0 Å². The number of nitrogens with zero attached hydrogens (tertiary/aromatic N) is 2. The molecule has 2 amide bonds. The zero-order valence-electron chi connectivity index (χ0n) is 13.6. The van der Waals surface area contributed by atoms with E-state index in [2.05, 4.69) is 12.1 Å². The number of carbonyl (C=O) groups is 2. The maximum Gasteiger partial charge on any atom is 0.223 e. The van der Waals surface area contributed by atoms with Crippen molar-refractivity contribution in [2.75, 3.05) is 26.2 Å². The predicted molar refractivity (Wildman–Crippen MR) is 98.4 cm³/mol. The van der Waals surface area contributed by atoms with Crippen LogP contribution < -0.4 is 0 Å². The molecule has 3 rings (SSSR count). The number of thiophene rings is 2. The second kappa shape index (κ2) is 8.44. The van der Waals surface area contributed by atoms with Crippen LogP contribution in [0.2, 0.25) is 0 Å². The Kier molecular flexibility index (Phi) is 6.04. The van der Waals surface area contributed by atoms with Crippen LogP contribution in [0.25, 0.3) is 0 Å². The molecule has 0 aliphatic carbocycles. The smallest absolute Gasteiger partial charge is 0.223 e. The second-order valence-corrected chi connectivity index (χ2v) is 7.98. The van der Waals surface area contributed by atoms with Crippen molar-refractivity contribution >= 4 is 34.5 Å². The first kappa shape index (κ1) is 17.2. The van der Waals surface area contributed by atoms with Gasteiger partial charge in [0.1, 0.15) is 0 Å². The van der Waals surface area contributed by atoms with Gasteiger partial charge in [-0.3, -0.25) is 9.59 Å². The molecule has 1 aliphatic rings. The van der Waals surface area contributed by atoms with Crippen LogP contribution >= 0.6 is 22.7 Å². The van der Waals surface area contributed by atoms with E-state index < -0.39 is 0 Å². The minimum atomic E-state index is 0.203. The average Bonchev–Trinajstić information content (AvgIpc) is 3.31. The molecule has 128 valence electrons. The highest BCUT2D eigenvalue weighted by molar-refractivity contribution is 7.10. The summed E-state index contributed by atoms with van der Waals surface area (Å²) in [5.74, 6) is 0.406. The Morgan fingerprint density at radius 1 is 0.792 bits per heavy atom. The number of carbonyl (C=O) groups excluding carboxylic acids is 2. The van der Waals surface area contributed by atoms with Crippen molar-refractivity contribution in [3.63, 3.8) is 0 Å². The van der Waals surface area contributed by atoms with Gasteiger partial charge in [0, 0.05) is 48.8 Å². The van der Waals surface area contributed by atoms with E-state index in [1.807, 2.05) is 32.7 Å².